The van der Waals surface area contributed by atoms with Crippen LogP contribution < -0.4 is 10.6 Å². The normalized spacial score (nSPS) is 15.4. The molecule has 0 bridgehead atoms. The highest BCUT2D eigenvalue weighted by molar-refractivity contribution is 5.79. The Hall–Kier alpha value is -1.49. The van der Waals surface area contributed by atoms with Gasteiger partial charge in [0.25, 0.3) is 0 Å². The second kappa shape index (κ2) is 7.19. The Bertz CT molecular complexity index is 383. The Kier molecular flexibility index (Phi) is 5.89. The van der Waals surface area contributed by atoms with E-state index >= 15 is 0 Å². The number of nitrogens with zero attached hydrogens (tertiary/aromatic N) is 1. The molecule has 1 heterocycles. The lowest BCUT2D eigenvalue weighted by Gasteiger charge is -2.20. The van der Waals surface area contributed by atoms with Crippen LogP contribution in [0.5, 0.6) is 0 Å². The van der Waals surface area contributed by atoms with Gasteiger partial charge in [0.15, 0.2) is 5.96 Å². The van der Waals surface area contributed by atoms with Gasteiger partial charge in [-0.1, -0.05) is 13.8 Å². The molecule has 0 spiro atoms. The van der Waals surface area contributed by atoms with Gasteiger partial charge in [-0.15, -0.1) is 0 Å². The Morgan fingerprint density at radius 1 is 1.47 bits per heavy atom. The van der Waals surface area contributed by atoms with Gasteiger partial charge in [-0.3, -0.25) is 0 Å². The molecule has 0 aliphatic rings. The standard InChI is InChI=1S/C14H25N3O2/c1-5-15-13(16-9-11(2)3)17-10-14(4,18)12-7-6-8-19-12/h6-8,11,18H,5,9-10H2,1-4H3,(H2,15,16,17). The van der Waals surface area contributed by atoms with Crippen LogP contribution in [0.2, 0.25) is 0 Å². The van der Waals surface area contributed by atoms with Crippen LogP contribution in [-0.2, 0) is 5.60 Å². The molecular weight excluding hydrogens is 242 g/mol. The SMILES string of the molecule is CCNC(=NCC(C)(O)c1ccco1)NCC(C)C. The summed E-state index contributed by atoms with van der Waals surface area (Å²) in [5, 5.41) is 16.7. The first-order valence-corrected chi connectivity index (χ1v) is 6.74. The van der Waals surface area contributed by atoms with Gasteiger partial charge in [0.05, 0.1) is 12.8 Å². The van der Waals surface area contributed by atoms with Crippen LogP contribution in [0.3, 0.4) is 0 Å². The van der Waals surface area contributed by atoms with Crippen LogP contribution in [0, 0.1) is 5.92 Å². The third kappa shape index (κ3) is 5.34. The van der Waals surface area contributed by atoms with E-state index in [1.165, 1.54) is 0 Å². The zero-order valence-corrected chi connectivity index (χ0v) is 12.2. The van der Waals surface area contributed by atoms with Gasteiger partial charge < -0.3 is 20.2 Å². The highest BCUT2D eigenvalue weighted by atomic mass is 16.4. The van der Waals surface area contributed by atoms with Gasteiger partial charge in [-0.25, -0.2) is 4.99 Å². The van der Waals surface area contributed by atoms with Gasteiger partial charge >= 0.3 is 0 Å². The van der Waals surface area contributed by atoms with Crippen molar-refractivity contribution in [2.24, 2.45) is 10.9 Å². The third-order valence-electron chi connectivity index (χ3n) is 2.62. The predicted molar refractivity (Wildman–Crippen MR) is 77.1 cm³/mol. The molecule has 1 aromatic heterocycles. The van der Waals surface area contributed by atoms with E-state index in [9.17, 15) is 5.11 Å². The van der Waals surface area contributed by atoms with E-state index in [4.69, 9.17) is 4.42 Å². The van der Waals surface area contributed by atoms with Crippen LogP contribution in [0.15, 0.2) is 27.8 Å². The van der Waals surface area contributed by atoms with Crippen molar-refractivity contribution in [3.8, 4) is 0 Å². The quantitative estimate of drug-likeness (QED) is 0.542. The summed E-state index contributed by atoms with van der Waals surface area (Å²) in [4.78, 5) is 4.40. The molecule has 5 heteroatoms. The molecule has 0 fully saturated rings. The number of guanidine groups is 1. The Morgan fingerprint density at radius 2 is 2.21 bits per heavy atom. The van der Waals surface area contributed by atoms with Crippen molar-refractivity contribution in [2.75, 3.05) is 19.6 Å². The smallest absolute Gasteiger partial charge is 0.191 e. The van der Waals surface area contributed by atoms with E-state index in [1.54, 1.807) is 25.3 Å². The molecule has 0 aliphatic heterocycles. The van der Waals surface area contributed by atoms with Crippen molar-refractivity contribution in [1.29, 1.82) is 0 Å². The molecule has 0 saturated carbocycles. The summed E-state index contributed by atoms with van der Waals surface area (Å²) in [6.45, 7) is 9.85. The molecule has 0 amide bonds. The average Bonchev–Trinajstić information content (AvgIpc) is 2.87. The fourth-order valence-corrected chi connectivity index (χ4v) is 1.54. The minimum atomic E-state index is -1.09. The Balaban J connectivity index is 2.63. The summed E-state index contributed by atoms with van der Waals surface area (Å²) < 4.78 is 5.23. The van der Waals surface area contributed by atoms with E-state index in [0.717, 1.165) is 13.1 Å². The highest BCUT2D eigenvalue weighted by Crippen LogP contribution is 2.20. The Morgan fingerprint density at radius 3 is 2.74 bits per heavy atom. The number of hydrogen-bond acceptors (Lipinski definition) is 3. The van der Waals surface area contributed by atoms with Crippen LogP contribution in [-0.4, -0.2) is 30.7 Å². The minimum absolute atomic E-state index is 0.244. The largest absolute Gasteiger partial charge is 0.466 e. The van der Waals surface area contributed by atoms with Crippen molar-refractivity contribution in [2.45, 2.75) is 33.3 Å². The molecule has 0 radical (unpaired) electrons. The van der Waals surface area contributed by atoms with Crippen molar-refractivity contribution in [3.05, 3.63) is 24.2 Å². The monoisotopic (exact) mass is 267 g/mol. The molecule has 19 heavy (non-hydrogen) atoms. The maximum atomic E-state index is 10.3. The van der Waals surface area contributed by atoms with Crippen molar-refractivity contribution in [1.82, 2.24) is 10.6 Å². The van der Waals surface area contributed by atoms with Crippen LogP contribution >= 0.6 is 0 Å². The van der Waals surface area contributed by atoms with Crippen molar-refractivity contribution >= 4 is 5.96 Å². The summed E-state index contributed by atoms with van der Waals surface area (Å²) in [7, 11) is 0. The number of nitrogens with one attached hydrogen (secondary N) is 2. The second-order valence-corrected chi connectivity index (χ2v) is 5.22. The number of furan rings is 1. The van der Waals surface area contributed by atoms with Crippen LogP contribution in [0.1, 0.15) is 33.5 Å². The van der Waals surface area contributed by atoms with Crippen LogP contribution in [0.25, 0.3) is 0 Å². The molecule has 5 nitrogen and oxygen atoms in total. The maximum absolute atomic E-state index is 10.3. The van der Waals surface area contributed by atoms with Crippen molar-refractivity contribution < 1.29 is 9.52 Å². The molecule has 3 N–H and O–H groups in total. The first-order valence-electron chi connectivity index (χ1n) is 6.74. The molecule has 1 rings (SSSR count). The lowest BCUT2D eigenvalue weighted by molar-refractivity contribution is 0.0437. The predicted octanol–water partition coefficient (Wildman–Crippen LogP) is 1.70. The highest BCUT2D eigenvalue weighted by Gasteiger charge is 2.25. The van der Waals surface area contributed by atoms with Crippen molar-refractivity contribution in [3.63, 3.8) is 0 Å². The van der Waals surface area contributed by atoms with Gasteiger partial charge in [0.1, 0.15) is 11.4 Å². The zero-order valence-electron chi connectivity index (χ0n) is 12.2. The van der Waals surface area contributed by atoms with Crippen LogP contribution in [0.4, 0.5) is 0 Å². The van der Waals surface area contributed by atoms with Gasteiger partial charge in [0.2, 0.25) is 0 Å². The van der Waals surface area contributed by atoms with Gasteiger partial charge in [-0.05, 0) is 31.9 Å². The number of rotatable bonds is 6. The average molecular weight is 267 g/mol. The second-order valence-electron chi connectivity index (χ2n) is 5.22. The van der Waals surface area contributed by atoms with E-state index in [1.807, 2.05) is 6.92 Å². The summed E-state index contributed by atoms with van der Waals surface area (Å²) in [5.41, 5.74) is -1.09. The van der Waals surface area contributed by atoms with E-state index < -0.39 is 5.60 Å². The third-order valence-corrected chi connectivity index (χ3v) is 2.62. The molecule has 0 aliphatic carbocycles. The maximum Gasteiger partial charge on any atom is 0.191 e. The lowest BCUT2D eigenvalue weighted by Crippen LogP contribution is -2.40. The number of aliphatic hydroxyl groups is 1. The minimum Gasteiger partial charge on any atom is -0.466 e. The topological polar surface area (TPSA) is 69.8 Å². The fourth-order valence-electron chi connectivity index (χ4n) is 1.54. The van der Waals surface area contributed by atoms with Gasteiger partial charge in [-0.2, -0.15) is 0 Å². The first kappa shape index (κ1) is 15.6. The molecule has 0 saturated heterocycles. The number of hydrogen-bond donors (Lipinski definition) is 3. The molecular formula is C14H25N3O2. The summed E-state index contributed by atoms with van der Waals surface area (Å²) in [5.74, 6) is 1.77. The Labute approximate surface area is 115 Å². The van der Waals surface area contributed by atoms with Gasteiger partial charge in [0, 0.05) is 13.1 Å². The summed E-state index contributed by atoms with van der Waals surface area (Å²) in [6, 6.07) is 3.51. The molecule has 1 unspecified atom stereocenters. The molecule has 108 valence electrons. The zero-order chi connectivity index (χ0) is 14.3. The van der Waals surface area contributed by atoms with E-state index in [0.29, 0.717) is 17.6 Å². The summed E-state index contributed by atoms with van der Waals surface area (Å²) in [6.07, 6.45) is 1.55. The molecule has 1 aromatic rings. The van der Waals surface area contributed by atoms with E-state index in [2.05, 4.69) is 29.5 Å². The summed E-state index contributed by atoms with van der Waals surface area (Å²) >= 11 is 0. The molecule has 1 atom stereocenters. The molecule has 0 aromatic carbocycles. The number of aliphatic imine (C=N–C) groups is 1. The fraction of sp³-hybridized carbons (Fsp3) is 0.643. The lowest BCUT2D eigenvalue weighted by atomic mass is 10.0. The van der Waals surface area contributed by atoms with E-state index in [-0.39, 0.29) is 6.54 Å². The first-order chi connectivity index (χ1) is 8.95.